The van der Waals surface area contributed by atoms with Crippen molar-refractivity contribution in [2.75, 3.05) is 7.11 Å². The Kier molecular flexibility index (Phi) is 7.31. The van der Waals surface area contributed by atoms with Crippen LogP contribution >= 0.6 is 15.9 Å². The molecule has 0 bridgehead atoms. The summed E-state index contributed by atoms with van der Waals surface area (Å²) in [6.07, 6.45) is 1.54. The summed E-state index contributed by atoms with van der Waals surface area (Å²) in [6.45, 7) is 1.96. The van der Waals surface area contributed by atoms with E-state index in [1.165, 1.54) is 42.3 Å². The number of nitrogens with one attached hydrogen (secondary N) is 1. The van der Waals surface area contributed by atoms with Crippen LogP contribution in [0.15, 0.2) is 52.0 Å². The fraction of sp³-hybridized carbons (Fsp3) is 0.190. The Morgan fingerprint density at radius 1 is 1.34 bits per heavy atom. The van der Waals surface area contributed by atoms with Gasteiger partial charge in [-0.05, 0) is 69.2 Å². The molecule has 0 aliphatic rings. The zero-order valence-electron chi connectivity index (χ0n) is 17.2. The third-order valence-corrected chi connectivity index (χ3v) is 5.52. The van der Waals surface area contributed by atoms with E-state index in [1.54, 1.807) is 25.1 Å². The molecule has 9 nitrogen and oxygen atoms in total. The van der Waals surface area contributed by atoms with Gasteiger partial charge >= 0.3 is 5.82 Å². The summed E-state index contributed by atoms with van der Waals surface area (Å²) in [4.78, 5) is 22.6. The van der Waals surface area contributed by atoms with Crippen LogP contribution in [-0.2, 0) is 17.8 Å². The lowest BCUT2D eigenvalue weighted by Gasteiger charge is -2.09. The van der Waals surface area contributed by atoms with Gasteiger partial charge in [-0.3, -0.25) is 4.79 Å². The SMILES string of the molecule is COc1ccc(/C=N/NC(=O)Cc2ccc(F)cc2)cc1Cn1nc([N+](=O)[O-])c(Br)c1C. The molecular weight excluding hydrogens is 485 g/mol. The predicted octanol–water partition coefficient (Wildman–Crippen LogP) is 3.75. The summed E-state index contributed by atoms with van der Waals surface area (Å²) in [5.41, 5.74) is 5.11. The highest BCUT2D eigenvalue weighted by Crippen LogP contribution is 2.29. The van der Waals surface area contributed by atoms with Crippen LogP contribution in [0.5, 0.6) is 5.75 Å². The quantitative estimate of drug-likeness (QED) is 0.285. The minimum absolute atomic E-state index is 0.0672. The van der Waals surface area contributed by atoms with E-state index in [-0.39, 0.29) is 30.5 Å². The minimum Gasteiger partial charge on any atom is -0.496 e. The zero-order valence-corrected chi connectivity index (χ0v) is 18.8. The highest BCUT2D eigenvalue weighted by Gasteiger charge is 2.24. The van der Waals surface area contributed by atoms with Gasteiger partial charge in [-0.1, -0.05) is 12.1 Å². The standard InChI is InChI=1S/C21H19BrFN5O4/c1-13-20(22)21(28(30)31)26-27(13)12-16-9-15(5-8-18(16)32-2)11-24-25-19(29)10-14-3-6-17(23)7-4-14/h3-9,11H,10,12H2,1-2H3,(H,25,29)/b24-11+. The van der Waals surface area contributed by atoms with Crippen molar-refractivity contribution in [2.45, 2.75) is 19.9 Å². The molecule has 1 aromatic heterocycles. The number of carbonyl (C=O) groups excluding carboxylic acids is 1. The molecule has 0 radical (unpaired) electrons. The van der Waals surface area contributed by atoms with Crippen molar-refractivity contribution in [3.63, 3.8) is 0 Å². The van der Waals surface area contributed by atoms with E-state index in [9.17, 15) is 19.3 Å². The van der Waals surface area contributed by atoms with Gasteiger partial charge in [0.2, 0.25) is 5.91 Å². The number of nitro groups is 1. The minimum atomic E-state index is -0.553. The third-order valence-electron chi connectivity index (χ3n) is 4.59. The fourth-order valence-electron chi connectivity index (χ4n) is 2.95. The van der Waals surface area contributed by atoms with E-state index in [4.69, 9.17) is 4.74 Å². The first kappa shape index (κ1) is 23.1. The monoisotopic (exact) mass is 503 g/mol. The molecule has 3 rings (SSSR count). The van der Waals surface area contributed by atoms with E-state index in [0.29, 0.717) is 27.0 Å². The molecule has 32 heavy (non-hydrogen) atoms. The summed E-state index contributed by atoms with van der Waals surface area (Å²) in [5.74, 6) is -0.389. The van der Waals surface area contributed by atoms with Gasteiger partial charge in [0.15, 0.2) is 0 Å². The summed E-state index contributed by atoms with van der Waals surface area (Å²) in [7, 11) is 1.52. The van der Waals surface area contributed by atoms with Gasteiger partial charge in [0.1, 0.15) is 16.0 Å². The second-order valence-corrected chi connectivity index (χ2v) is 7.60. The van der Waals surface area contributed by atoms with Crippen LogP contribution in [0.4, 0.5) is 10.2 Å². The molecule has 1 heterocycles. The fourth-order valence-corrected chi connectivity index (χ4v) is 3.38. The van der Waals surface area contributed by atoms with Crippen LogP contribution in [0, 0.1) is 22.9 Å². The van der Waals surface area contributed by atoms with Crippen molar-refractivity contribution in [1.82, 2.24) is 15.2 Å². The number of hydrazone groups is 1. The number of benzene rings is 2. The van der Waals surface area contributed by atoms with E-state index in [2.05, 4.69) is 31.6 Å². The molecule has 0 aliphatic heterocycles. The van der Waals surface area contributed by atoms with E-state index in [0.717, 1.165) is 5.56 Å². The van der Waals surface area contributed by atoms with Crippen LogP contribution in [0.1, 0.15) is 22.4 Å². The van der Waals surface area contributed by atoms with Gasteiger partial charge in [-0.25, -0.2) is 9.82 Å². The first-order valence-electron chi connectivity index (χ1n) is 9.39. The van der Waals surface area contributed by atoms with Crippen molar-refractivity contribution in [3.05, 3.63) is 85.3 Å². The highest BCUT2D eigenvalue weighted by atomic mass is 79.9. The number of rotatable bonds is 8. The lowest BCUT2D eigenvalue weighted by atomic mass is 10.1. The van der Waals surface area contributed by atoms with E-state index in [1.807, 2.05) is 0 Å². The van der Waals surface area contributed by atoms with Crippen molar-refractivity contribution in [3.8, 4) is 5.75 Å². The average molecular weight is 504 g/mol. The van der Waals surface area contributed by atoms with Gasteiger partial charge in [0.05, 0.1) is 37.1 Å². The second-order valence-electron chi connectivity index (χ2n) is 6.81. The number of ether oxygens (including phenoxy) is 1. The number of halogens is 2. The molecule has 0 aliphatic carbocycles. The maximum absolute atomic E-state index is 12.9. The molecule has 3 aromatic rings. The largest absolute Gasteiger partial charge is 0.496 e. The van der Waals surface area contributed by atoms with Crippen LogP contribution in [0.25, 0.3) is 0 Å². The Balaban J connectivity index is 1.72. The molecule has 0 atom stereocenters. The Labute approximate surface area is 191 Å². The van der Waals surface area contributed by atoms with Gasteiger partial charge in [0, 0.05) is 5.56 Å². The number of hydrogen-bond donors (Lipinski definition) is 1. The normalized spacial score (nSPS) is 11.0. The topological polar surface area (TPSA) is 112 Å². The number of methoxy groups -OCH3 is 1. The summed E-state index contributed by atoms with van der Waals surface area (Å²) in [6, 6.07) is 10.9. The Hall–Kier alpha value is -3.60. The maximum Gasteiger partial charge on any atom is 0.404 e. The molecule has 11 heteroatoms. The number of aromatic nitrogens is 2. The van der Waals surface area contributed by atoms with Crippen LogP contribution < -0.4 is 10.2 Å². The van der Waals surface area contributed by atoms with Crippen molar-refractivity contribution in [2.24, 2.45) is 5.10 Å². The van der Waals surface area contributed by atoms with Crippen molar-refractivity contribution < 1.29 is 18.8 Å². The maximum atomic E-state index is 12.9. The highest BCUT2D eigenvalue weighted by molar-refractivity contribution is 9.10. The number of carbonyl (C=O) groups is 1. The molecule has 0 saturated heterocycles. The average Bonchev–Trinajstić information content (AvgIpc) is 3.04. The summed E-state index contributed by atoms with van der Waals surface area (Å²) >= 11 is 3.20. The predicted molar refractivity (Wildman–Crippen MR) is 119 cm³/mol. The number of amides is 1. The first-order valence-corrected chi connectivity index (χ1v) is 10.2. The lowest BCUT2D eigenvalue weighted by molar-refractivity contribution is -0.390. The Morgan fingerprint density at radius 2 is 2.06 bits per heavy atom. The van der Waals surface area contributed by atoms with Gasteiger partial charge in [-0.2, -0.15) is 9.78 Å². The van der Waals surface area contributed by atoms with Crippen molar-refractivity contribution >= 4 is 33.9 Å². The summed E-state index contributed by atoms with van der Waals surface area (Å²) < 4.78 is 20.2. The molecule has 0 spiro atoms. The van der Waals surface area contributed by atoms with Gasteiger partial charge in [0.25, 0.3) is 0 Å². The zero-order chi connectivity index (χ0) is 23.3. The van der Waals surface area contributed by atoms with E-state index < -0.39 is 4.92 Å². The molecule has 0 unspecified atom stereocenters. The van der Waals surface area contributed by atoms with Crippen LogP contribution in [-0.4, -0.2) is 33.9 Å². The molecule has 1 N–H and O–H groups in total. The summed E-state index contributed by atoms with van der Waals surface area (Å²) in [5, 5.41) is 19.1. The third kappa shape index (κ3) is 5.55. The van der Waals surface area contributed by atoms with Crippen molar-refractivity contribution in [1.29, 1.82) is 0 Å². The second kappa shape index (κ2) is 10.1. The van der Waals surface area contributed by atoms with Crippen LogP contribution in [0.2, 0.25) is 0 Å². The number of nitrogens with zero attached hydrogens (tertiary/aromatic N) is 4. The van der Waals surface area contributed by atoms with E-state index >= 15 is 0 Å². The molecule has 0 saturated carbocycles. The smallest absolute Gasteiger partial charge is 0.404 e. The Morgan fingerprint density at radius 3 is 2.69 bits per heavy atom. The Bertz CT molecular complexity index is 1180. The molecule has 0 fully saturated rings. The van der Waals surface area contributed by atoms with Gasteiger partial charge < -0.3 is 14.9 Å². The molecule has 2 aromatic carbocycles. The number of hydrogen-bond acceptors (Lipinski definition) is 6. The first-order chi connectivity index (χ1) is 15.3. The van der Waals surface area contributed by atoms with Crippen LogP contribution in [0.3, 0.4) is 0 Å². The molecule has 166 valence electrons. The lowest BCUT2D eigenvalue weighted by Crippen LogP contribution is -2.19. The molecule has 1 amide bonds. The molecular formula is C21H19BrFN5O4. The van der Waals surface area contributed by atoms with Gasteiger partial charge in [-0.15, -0.1) is 0 Å².